The fourth-order valence-corrected chi connectivity index (χ4v) is 2.86. The molecule has 0 unspecified atom stereocenters. The van der Waals surface area contributed by atoms with E-state index in [0.29, 0.717) is 23.9 Å². The summed E-state index contributed by atoms with van der Waals surface area (Å²) in [7, 11) is 0. The van der Waals surface area contributed by atoms with Crippen LogP contribution in [0.15, 0.2) is 42.5 Å². The second-order valence-electron chi connectivity index (χ2n) is 6.21. The van der Waals surface area contributed by atoms with E-state index < -0.39 is 0 Å². The Bertz CT molecular complexity index is 1130. The van der Waals surface area contributed by atoms with Gasteiger partial charge < -0.3 is 15.0 Å². The summed E-state index contributed by atoms with van der Waals surface area (Å²) in [5.74, 6) is 1.73. The highest BCUT2D eigenvalue weighted by molar-refractivity contribution is 5.90. The Kier molecular flexibility index (Phi) is 4.71. The number of anilines is 1. The van der Waals surface area contributed by atoms with E-state index in [1.165, 1.54) is 4.80 Å². The predicted octanol–water partition coefficient (Wildman–Crippen LogP) is 2.56. The number of nitrogens with one attached hydrogen (secondary N) is 2. The predicted molar refractivity (Wildman–Crippen MR) is 104 cm³/mol. The second-order valence-corrected chi connectivity index (χ2v) is 6.21. The minimum atomic E-state index is -0.253. The molecule has 2 aromatic carbocycles. The number of hydrogen-bond donors (Lipinski definition) is 2. The number of rotatable bonds is 6. The summed E-state index contributed by atoms with van der Waals surface area (Å²) < 4.78 is 5.43. The molecule has 0 saturated carbocycles. The van der Waals surface area contributed by atoms with Gasteiger partial charge in [0.05, 0.1) is 17.6 Å². The van der Waals surface area contributed by atoms with Gasteiger partial charge in [-0.15, -0.1) is 10.2 Å². The average Bonchev–Trinajstić information content (AvgIpc) is 3.27. The quantitative estimate of drug-likeness (QED) is 0.534. The van der Waals surface area contributed by atoms with Crippen molar-refractivity contribution in [2.75, 3.05) is 11.9 Å². The van der Waals surface area contributed by atoms with Crippen LogP contribution in [0.25, 0.3) is 22.4 Å². The Morgan fingerprint density at radius 3 is 3.00 bits per heavy atom. The van der Waals surface area contributed by atoms with E-state index in [1.807, 2.05) is 44.2 Å². The lowest BCUT2D eigenvalue weighted by Crippen LogP contribution is -2.20. The van der Waals surface area contributed by atoms with Crippen LogP contribution >= 0.6 is 0 Å². The normalized spacial score (nSPS) is 10.9. The van der Waals surface area contributed by atoms with E-state index in [-0.39, 0.29) is 12.5 Å². The van der Waals surface area contributed by atoms with Crippen molar-refractivity contribution in [2.24, 2.45) is 0 Å². The molecule has 4 rings (SSSR count). The van der Waals surface area contributed by atoms with Gasteiger partial charge in [0.2, 0.25) is 11.7 Å². The van der Waals surface area contributed by atoms with Crippen molar-refractivity contribution in [3.05, 3.63) is 48.3 Å². The number of imidazole rings is 1. The molecule has 2 heterocycles. The number of amides is 1. The number of carbonyl (C=O) groups is 1. The van der Waals surface area contributed by atoms with Crippen LogP contribution in [0.2, 0.25) is 0 Å². The van der Waals surface area contributed by atoms with Crippen LogP contribution in [0.1, 0.15) is 12.7 Å². The molecule has 0 aliphatic carbocycles. The third-order valence-electron chi connectivity index (χ3n) is 4.03. The van der Waals surface area contributed by atoms with Gasteiger partial charge in [0, 0.05) is 17.3 Å². The Balaban J connectivity index is 1.45. The Morgan fingerprint density at radius 1 is 1.25 bits per heavy atom. The lowest BCUT2D eigenvalue weighted by molar-refractivity contribution is -0.117. The highest BCUT2D eigenvalue weighted by atomic mass is 16.5. The van der Waals surface area contributed by atoms with Crippen LogP contribution in [0.3, 0.4) is 0 Å². The van der Waals surface area contributed by atoms with Crippen molar-refractivity contribution in [2.45, 2.75) is 20.4 Å². The van der Waals surface area contributed by atoms with E-state index in [9.17, 15) is 4.79 Å². The number of benzene rings is 2. The summed E-state index contributed by atoms with van der Waals surface area (Å²) >= 11 is 0. The maximum Gasteiger partial charge on any atom is 0.248 e. The fourth-order valence-electron chi connectivity index (χ4n) is 2.86. The molecule has 9 nitrogen and oxygen atoms in total. The van der Waals surface area contributed by atoms with Gasteiger partial charge in [-0.1, -0.05) is 6.07 Å². The summed E-state index contributed by atoms with van der Waals surface area (Å²) in [5.41, 5.74) is 3.23. The second kappa shape index (κ2) is 7.47. The summed E-state index contributed by atoms with van der Waals surface area (Å²) in [4.78, 5) is 21.1. The molecule has 2 aromatic heterocycles. The summed E-state index contributed by atoms with van der Waals surface area (Å²) in [5, 5.41) is 15.1. The molecule has 0 radical (unpaired) electrons. The number of tetrazole rings is 1. The largest absolute Gasteiger partial charge is 0.494 e. The SMILES string of the molecule is CCOc1cccc(NC(=O)Cn2nnc(-c3ccc4nc(C)[nH]c4c3)n2)c1. The number of aromatic nitrogens is 6. The van der Waals surface area contributed by atoms with E-state index in [4.69, 9.17) is 4.74 Å². The number of fused-ring (bicyclic) bond motifs is 1. The van der Waals surface area contributed by atoms with Crippen molar-refractivity contribution >= 4 is 22.6 Å². The van der Waals surface area contributed by atoms with Crippen LogP contribution in [0, 0.1) is 6.92 Å². The number of aryl methyl sites for hydroxylation is 1. The van der Waals surface area contributed by atoms with Crippen LogP contribution < -0.4 is 10.1 Å². The van der Waals surface area contributed by atoms with Crippen molar-refractivity contribution in [1.82, 2.24) is 30.2 Å². The van der Waals surface area contributed by atoms with Gasteiger partial charge in [0.1, 0.15) is 18.1 Å². The molecule has 2 N–H and O–H groups in total. The van der Waals surface area contributed by atoms with Gasteiger partial charge in [-0.3, -0.25) is 4.79 Å². The molecule has 1 amide bonds. The number of nitrogens with zero attached hydrogens (tertiary/aromatic N) is 5. The molecule has 0 spiro atoms. The first-order valence-corrected chi connectivity index (χ1v) is 8.88. The van der Waals surface area contributed by atoms with E-state index in [1.54, 1.807) is 12.1 Å². The zero-order valence-electron chi connectivity index (χ0n) is 15.5. The lowest BCUT2D eigenvalue weighted by Gasteiger charge is -2.07. The molecule has 0 atom stereocenters. The lowest BCUT2D eigenvalue weighted by atomic mass is 10.2. The van der Waals surface area contributed by atoms with Crippen LogP contribution in [0.4, 0.5) is 5.69 Å². The summed E-state index contributed by atoms with van der Waals surface area (Å²) in [6, 6.07) is 12.9. The van der Waals surface area contributed by atoms with Gasteiger partial charge in [0.25, 0.3) is 0 Å². The zero-order valence-corrected chi connectivity index (χ0v) is 15.5. The zero-order chi connectivity index (χ0) is 19.5. The monoisotopic (exact) mass is 377 g/mol. The molecular formula is C19H19N7O2. The molecule has 0 aliphatic heterocycles. The minimum Gasteiger partial charge on any atom is -0.494 e. The summed E-state index contributed by atoms with van der Waals surface area (Å²) in [6.45, 7) is 4.32. The third kappa shape index (κ3) is 3.83. The molecule has 0 aliphatic rings. The Labute approximate surface area is 160 Å². The number of hydrogen-bond acceptors (Lipinski definition) is 6. The van der Waals surface area contributed by atoms with Crippen LogP contribution in [0.5, 0.6) is 5.75 Å². The first-order chi connectivity index (χ1) is 13.6. The number of aromatic amines is 1. The van der Waals surface area contributed by atoms with Crippen molar-refractivity contribution in [1.29, 1.82) is 0 Å². The van der Waals surface area contributed by atoms with Crippen LogP contribution in [-0.4, -0.2) is 42.7 Å². The smallest absolute Gasteiger partial charge is 0.248 e. The highest BCUT2D eigenvalue weighted by Gasteiger charge is 2.11. The van der Waals surface area contributed by atoms with Crippen molar-refractivity contribution < 1.29 is 9.53 Å². The molecule has 0 bridgehead atoms. The number of carbonyl (C=O) groups excluding carboxylic acids is 1. The van der Waals surface area contributed by atoms with E-state index in [0.717, 1.165) is 22.4 Å². The Hall–Kier alpha value is -3.75. The minimum absolute atomic E-state index is 0.0444. The molecule has 9 heteroatoms. The van der Waals surface area contributed by atoms with Crippen LogP contribution in [-0.2, 0) is 11.3 Å². The van der Waals surface area contributed by atoms with E-state index in [2.05, 4.69) is 30.7 Å². The third-order valence-corrected chi connectivity index (χ3v) is 4.03. The maximum atomic E-state index is 12.3. The fraction of sp³-hybridized carbons (Fsp3) is 0.211. The molecular weight excluding hydrogens is 358 g/mol. The average molecular weight is 377 g/mol. The van der Waals surface area contributed by atoms with Gasteiger partial charge in [-0.25, -0.2) is 4.98 Å². The standard InChI is InChI=1S/C19H19N7O2/c1-3-28-15-6-4-5-14(10-15)22-18(27)11-26-24-19(23-25-26)13-7-8-16-17(9-13)21-12(2)20-16/h4-10H,3,11H2,1-2H3,(H,20,21)(H,22,27). The van der Waals surface area contributed by atoms with Gasteiger partial charge in [-0.2, -0.15) is 4.80 Å². The van der Waals surface area contributed by atoms with E-state index >= 15 is 0 Å². The first-order valence-electron chi connectivity index (χ1n) is 8.88. The highest BCUT2D eigenvalue weighted by Crippen LogP contribution is 2.20. The van der Waals surface area contributed by atoms with Gasteiger partial charge in [0.15, 0.2) is 0 Å². The maximum absolute atomic E-state index is 12.3. The molecule has 0 saturated heterocycles. The summed E-state index contributed by atoms with van der Waals surface area (Å²) in [6.07, 6.45) is 0. The molecule has 0 fully saturated rings. The molecule has 4 aromatic rings. The number of H-pyrrole nitrogens is 1. The number of ether oxygens (including phenoxy) is 1. The first kappa shape index (κ1) is 17.7. The van der Waals surface area contributed by atoms with Gasteiger partial charge >= 0.3 is 0 Å². The van der Waals surface area contributed by atoms with Gasteiger partial charge in [-0.05, 0) is 49.4 Å². The van der Waals surface area contributed by atoms with Crippen molar-refractivity contribution in [3.63, 3.8) is 0 Å². The Morgan fingerprint density at radius 2 is 2.14 bits per heavy atom. The van der Waals surface area contributed by atoms with Crippen molar-refractivity contribution in [3.8, 4) is 17.1 Å². The topological polar surface area (TPSA) is 111 Å². The molecule has 142 valence electrons. The molecule has 28 heavy (non-hydrogen) atoms.